The van der Waals surface area contributed by atoms with E-state index in [2.05, 4.69) is 6.92 Å². The Bertz CT molecular complexity index is 695. The average molecular weight is 514 g/mol. The average Bonchev–Trinajstić information content (AvgIpc) is 2.74. The maximum Gasteiger partial charge on any atom is 0.311 e. The number of benzene rings is 1. The number of unbranched alkanes of at least 4 members (excludes halogenated alkanes) is 9. The van der Waals surface area contributed by atoms with Gasteiger partial charge in [0.1, 0.15) is 5.02 Å². The summed E-state index contributed by atoms with van der Waals surface area (Å²) >= 11 is 23.8. The highest BCUT2D eigenvalue weighted by molar-refractivity contribution is 6.52. The number of carbonyl (C=O) groups is 2. The van der Waals surface area contributed by atoms with Crippen LogP contribution in [0.1, 0.15) is 90.4 Å². The summed E-state index contributed by atoms with van der Waals surface area (Å²) in [6.45, 7) is 2.72. The minimum absolute atomic E-state index is 0.0643. The zero-order chi connectivity index (χ0) is 23.1. The lowest BCUT2D eigenvalue weighted by Crippen LogP contribution is -2.08. The monoisotopic (exact) mass is 512 g/mol. The minimum Gasteiger partial charge on any atom is -0.466 e. The Balaban J connectivity index is 2.04. The Kier molecular flexibility index (Phi) is 15.4. The molecule has 176 valence electrons. The summed E-state index contributed by atoms with van der Waals surface area (Å²) in [7, 11) is 0. The number of hydrogen-bond acceptors (Lipinski definition) is 4. The van der Waals surface area contributed by atoms with E-state index < -0.39 is 5.97 Å². The second-order valence-corrected chi connectivity index (χ2v) is 9.07. The Morgan fingerprint density at radius 1 is 0.710 bits per heavy atom. The third-order valence-corrected chi connectivity index (χ3v) is 6.55. The first-order valence-corrected chi connectivity index (χ1v) is 12.6. The fraction of sp³-hybridized carbons (Fsp3) is 0.652. The van der Waals surface area contributed by atoms with E-state index in [-0.39, 0.29) is 38.2 Å². The summed E-state index contributed by atoms with van der Waals surface area (Å²) in [5.41, 5.74) is 0. The summed E-state index contributed by atoms with van der Waals surface area (Å²) in [6, 6.07) is 1.38. The summed E-state index contributed by atoms with van der Waals surface area (Å²) in [5.74, 6) is -0.382. The fourth-order valence-corrected chi connectivity index (χ4v) is 3.83. The molecule has 0 fully saturated rings. The molecule has 8 heteroatoms. The van der Waals surface area contributed by atoms with Gasteiger partial charge in [-0.25, -0.2) is 0 Å². The van der Waals surface area contributed by atoms with Gasteiger partial charge in [0.05, 0.1) is 21.7 Å². The summed E-state index contributed by atoms with van der Waals surface area (Å²) in [6.07, 6.45) is 12.0. The van der Waals surface area contributed by atoms with E-state index in [0.717, 1.165) is 44.9 Å². The highest BCUT2D eigenvalue weighted by Crippen LogP contribution is 2.42. The van der Waals surface area contributed by atoms with E-state index in [1.807, 2.05) is 0 Å². The zero-order valence-corrected chi connectivity index (χ0v) is 21.1. The first-order chi connectivity index (χ1) is 14.9. The number of rotatable bonds is 16. The van der Waals surface area contributed by atoms with Crippen LogP contribution in [0.2, 0.25) is 20.1 Å². The van der Waals surface area contributed by atoms with Crippen molar-refractivity contribution in [2.45, 2.75) is 90.4 Å². The van der Waals surface area contributed by atoms with Crippen molar-refractivity contribution in [2.75, 3.05) is 6.61 Å². The Morgan fingerprint density at radius 3 is 1.90 bits per heavy atom. The van der Waals surface area contributed by atoms with Gasteiger partial charge in [0.2, 0.25) is 0 Å². The van der Waals surface area contributed by atoms with Crippen molar-refractivity contribution in [2.24, 2.45) is 0 Å². The second kappa shape index (κ2) is 16.9. The molecule has 0 amide bonds. The number of esters is 2. The topological polar surface area (TPSA) is 52.6 Å². The van der Waals surface area contributed by atoms with Gasteiger partial charge in [-0.05, 0) is 19.3 Å². The molecule has 0 bridgehead atoms. The molecular weight excluding hydrogens is 482 g/mol. The maximum absolute atomic E-state index is 12.0. The predicted molar refractivity (Wildman–Crippen MR) is 129 cm³/mol. The predicted octanol–water partition coefficient (Wildman–Crippen LogP) is 8.84. The molecule has 0 spiro atoms. The van der Waals surface area contributed by atoms with E-state index in [4.69, 9.17) is 55.9 Å². The zero-order valence-electron chi connectivity index (χ0n) is 18.1. The Hall–Kier alpha value is -0.680. The molecule has 0 aromatic heterocycles. The molecule has 0 aliphatic heterocycles. The highest BCUT2D eigenvalue weighted by Gasteiger charge is 2.16. The van der Waals surface area contributed by atoms with Crippen LogP contribution in [0, 0.1) is 0 Å². The van der Waals surface area contributed by atoms with Crippen LogP contribution in [0.5, 0.6) is 5.75 Å². The maximum atomic E-state index is 12.0. The van der Waals surface area contributed by atoms with Crippen LogP contribution < -0.4 is 4.74 Å². The number of carbonyl (C=O) groups excluding carboxylic acids is 2. The molecule has 0 heterocycles. The van der Waals surface area contributed by atoms with Crippen molar-refractivity contribution in [3.05, 3.63) is 26.2 Å². The van der Waals surface area contributed by atoms with Gasteiger partial charge in [-0.15, -0.1) is 0 Å². The van der Waals surface area contributed by atoms with E-state index in [9.17, 15) is 9.59 Å². The van der Waals surface area contributed by atoms with E-state index in [0.29, 0.717) is 19.4 Å². The lowest BCUT2D eigenvalue weighted by Gasteiger charge is -2.09. The lowest BCUT2D eigenvalue weighted by atomic mass is 10.1. The molecule has 0 aliphatic rings. The van der Waals surface area contributed by atoms with Gasteiger partial charge >= 0.3 is 11.9 Å². The minimum atomic E-state index is -0.395. The number of halogens is 4. The van der Waals surface area contributed by atoms with Crippen LogP contribution in [0.25, 0.3) is 0 Å². The molecule has 0 radical (unpaired) electrons. The smallest absolute Gasteiger partial charge is 0.311 e. The SMILES string of the molecule is CCCCCCCOC(=O)CCCCCCCCC(=O)Oc1cc(Cl)c(Cl)c(Cl)c1Cl. The molecule has 0 saturated heterocycles. The second-order valence-electron chi connectivity index (χ2n) is 7.53. The van der Waals surface area contributed by atoms with Crippen LogP contribution in [-0.2, 0) is 14.3 Å². The van der Waals surface area contributed by atoms with Gasteiger partial charge in [0.25, 0.3) is 0 Å². The van der Waals surface area contributed by atoms with E-state index in [1.54, 1.807) is 0 Å². The molecule has 0 unspecified atom stereocenters. The van der Waals surface area contributed by atoms with Gasteiger partial charge < -0.3 is 9.47 Å². The van der Waals surface area contributed by atoms with E-state index >= 15 is 0 Å². The molecule has 0 saturated carbocycles. The van der Waals surface area contributed by atoms with Gasteiger partial charge in [-0.3, -0.25) is 9.59 Å². The fourth-order valence-electron chi connectivity index (χ4n) is 3.01. The quantitative estimate of drug-likeness (QED) is 0.0727. The van der Waals surface area contributed by atoms with Crippen molar-refractivity contribution in [3.63, 3.8) is 0 Å². The lowest BCUT2D eigenvalue weighted by molar-refractivity contribution is -0.144. The summed E-state index contributed by atoms with van der Waals surface area (Å²) in [4.78, 5) is 23.7. The first kappa shape index (κ1) is 28.4. The summed E-state index contributed by atoms with van der Waals surface area (Å²) in [5, 5.41) is 0.437. The standard InChI is InChI=1S/C23H32Cl4O4/c1-2-3-4-9-12-15-30-19(28)13-10-7-5-6-8-11-14-20(29)31-18-16-17(24)21(25)23(27)22(18)26/h16H,2-15H2,1H3. The van der Waals surface area contributed by atoms with Gasteiger partial charge in [-0.1, -0.05) is 105 Å². The van der Waals surface area contributed by atoms with Crippen molar-refractivity contribution in [1.29, 1.82) is 0 Å². The highest BCUT2D eigenvalue weighted by atomic mass is 35.5. The molecule has 0 atom stereocenters. The normalized spacial score (nSPS) is 10.9. The van der Waals surface area contributed by atoms with Crippen molar-refractivity contribution >= 4 is 58.3 Å². The molecule has 0 aliphatic carbocycles. The molecule has 4 nitrogen and oxygen atoms in total. The molecular formula is C23H32Cl4O4. The molecule has 1 rings (SSSR count). The third-order valence-electron chi connectivity index (χ3n) is 4.82. The van der Waals surface area contributed by atoms with Crippen molar-refractivity contribution in [3.8, 4) is 5.75 Å². The van der Waals surface area contributed by atoms with Crippen LogP contribution in [-0.4, -0.2) is 18.5 Å². The van der Waals surface area contributed by atoms with Crippen LogP contribution in [0.3, 0.4) is 0 Å². The van der Waals surface area contributed by atoms with Crippen molar-refractivity contribution < 1.29 is 19.1 Å². The Labute approximate surface area is 205 Å². The molecule has 31 heavy (non-hydrogen) atoms. The third kappa shape index (κ3) is 12.2. The van der Waals surface area contributed by atoms with Gasteiger partial charge in [0.15, 0.2) is 5.75 Å². The first-order valence-electron chi connectivity index (χ1n) is 11.1. The molecule has 1 aromatic rings. The van der Waals surface area contributed by atoms with Crippen molar-refractivity contribution in [1.82, 2.24) is 0 Å². The molecule has 0 N–H and O–H groups in total. The number of hydrogen-bond donors (Lipinski definition) is 0. The largest absolute Gasteiger partial charge is 0.466 e. The van der Waals surface area contributed by atoms with Crippen LogP contribution >= 0.6 is 46.4 Å². The Morgan fingerprint density at radius 2 is 1.26 bits per heavy atom. The van der Waals surface area contributed by atoms with E-state index in [1.165, 1.54) is 25.3 Å². The van der Waals surface area contributed by atoms with Crippen LogP contribution in [0.4, 0.5) is 0 Å². The van der Waals surface area contributed by atoms with Gasteiger partial charge in [0, 0.05) is 18.9 Å². The molecule has 1 aromatic carbocycles. The summed E-state index contributed by atoms with van der Waals surface area (Å²) < 4.78 is 10.5. The number of ether oxygens (including phenoxy) is 2. The van der Waals surface area contributed by atoms with Gasteiger partial charge in [-0.2, -0.15) is 0 Å². The van der Waals surface area contributed by atoms with Crippen LogP contribution in [0.15, 0.2) is 6.07 Å².